The van der Waals surface area contributed by atoms with E-state index >= 15 is 0 Å². The van der Waals surface area contributed by atoms with Crippen molar-refractivity contribution < 1.29 is 19.1 Å². The van der Waals surface area contributed by atoms with Gasteiger partial charge in [0.1, 0.15) is 0 Å². The van der Waals surface area contributed by atoms with Crippen LogP contribution in [0.15, 0.2) is 27.7 Å². The van der Waals surface area contributed by atoms with E-state index in [-0.39, 0.29) is 12.4 Å². The van der Waals surface area contributed by atoms with Crippen molar-refractivity contribution in [2.75, 3.05) is 13.7 Å². The van der Waals surface area contributed by atoms with Crippen LogP contribution < -0.4 is 0 Å². The maximum Gasteiger partial charge on any atom is 0.339 e. The van der Waals surface area contributed by atoms with Crippen molar-refractivity contribution >= 4 is 35.0 Å². The number of pyridine rings is 1. The predicted molar refractivity (Wildman–Crippen MR) is 86.9 cm³/mol. The molecule has 2 aromatic rings. The molecule has 2 heterocycles. The summed E-state index contributed by atoms with van der Waals surface area (Å²) in [6.45, 7) is 3.98. The number of esters is 2. The van der Waals surface area contributed by atoms with Gasteiger partial charge in [-0.25, -0.2) is 9.78 Å². The van der Waals surface area contributed by atoms with E-state index in [9.17, 15) is 9.59 Å². The van der Waals surface area contributed by atoms with Gasteiger partial charge in [-0.2, -0.15) is 0 Å². The molecule has 0 aliphatic rings. The Morgan fingerprint density at radius 2 is 2.17 bits per heavy atom. The molecule has 0 aliphatic heterocycles. The zero-order valence-electron chi connectivity index (χ0n) is 13.0. The molecule has 8 heteroatoms. The summed E-state index contributed by atoms with van der Waals surface area (Å²) < 4.78 is 10.5. The van der Waals surface area contributed by atoms with Crippen molar-refractivity contribution in [3.8, 4) is 0 Å². The molecule has 23 heavy (non-hydrogen) atoms. The normalized spacial score (nSPS) is 10.4. The molecule has 0 saturated carbocycles. The van der Waals surface area contributed by atoms with Crippen LogP contribution >= 0.6 is 23.1 Å². The third-order valence-corrected chi connectivity index (χ3v) is 5.13. The first-order valence-corrected chi connectivity index (χ1v) is 8.50. The Kier molecular flexibility index (Phi) is 6.12. The highest BCUT2D eigenvalue weighted by molar-refractivity contribution is 8.01. The first-order chi connectivity index (χ1) is 11.0. The summed E-state index contributed by atoms with van der Waals surface area (Å²) in [6.07, 6.45) is 3.34. The number of carbonyl (C=O) groups is 2. The lowest BCUT2D eigenvalue weighted by Crippen LogP contribution is -2.07. The molecule has 0 spiro atoms. The first-order valence-electron chi connectivity index (χ1n) is 6.87. The molecular weight excluding hydrogens is 336 g/mol. The second-order valence-corrected chi connectivity index (χ2v) is 6.81. The lowest BCUT2D eigenvalue weighted by molar-refractivity contribution is -0.142. The molecule has 0 radical (unpaired) electrons. The van der Waals surface area contributed by atoms with Crippen LogP contribution in [-0.2, 0) is 20.7 Å². The molecule has 0 saturated heterocycles. The van der Waals surface area contributed by atoms with E-state index in [2.05, 4.69) is 9.97 Å². The molecular formula is C15H16N2O4S2. The number of rotatable bonds is 6. The van der Waals surface area contributed by atoms with E-state index in [1.165, 1.54) is 36.4 Å². The van der Waals surface area contributed by atoms with E-state index in [1.54, 1.807) is 19.2 Å². The topological polar surface area (TPSA) is 78.4 Å². The maximum atomic E-state index is 11.8. The van der Waals surface area contributed by atoms with E-state index in [0.717, 1.165) is 14.9 Å². The zero-order chi connectivity index (χ0) is 16.8. The van der Waals surface area contributed by atoms with E-state index in [0.29, 0.717) is 17.1 Å². The Balaban J connectivity index is 2.19. The van der Waals surface area contributed by atoms with Gasteiger partial charge in [-0.15, -0.1) is 11.3 Å². The monoisotopic (exact) mass is 352 g/mol. The molecule has 2 rings (SSSR count). The average molecular weight is 352 g/mol. The molecule has 0 aliphatic carbocycles. The molecule has 0 fully saturated rings. The largest absolute Gasteiger partial charge is 0.466 e. The minimum absolute atomic E-state index is 0.203. The number of aryl methyl sites for hydroxylation is 1. The first kappa shape index (κ1) is 17.4. The number of thiazole rings is 1. The van der Waals surface area contributed by atoms with Crippen molar-refractivity contribution in [2.24, 2.45) is 0 Å². The number of methoxy groups -OCH3 is 1. The van der Waals surface area contributed by atoms with Gasteiger partial charge in [0.2, 0.25) is 0 Å². The van der Waals surface area contributed by atoms with Gasteiger partial charge in [0.15, 0.2) is 4.34 Å². The van der Waals surface area contributed by atoms with Gasteiger partial charge in [0.25, 0.3) is 0 Å². The number of carbonyl (C=O) groups excluding carboxylic acids is 2. The Morgan fingerprint density at radius 1 is 1.39 bits per heavy atom. The summed E-state index contributed by atoms with van der Waals surface area (Å²) in [4.78, 5) is 33.4. The minimum atomic E-state index is -0.421. The summed E-state index contributed by atoms with van der Waals surface area (Å²) >= 11 is 2.73. The molecule has 0 bridgehead atoms. The summed E-state index contributed by atoms with van der Waals surface area (Å²) in [5, 5.41) is 0. The smallest absolute Gasteiger partial charge is 0.339 e. The highest BCUT2D eigenvalue weighted by atomic mass is 32.2. The number of hydrogen-bond acceptors (Lipinski definition) is 8. The summed E-state index contributed by atoms with van der Waals surface area (Å²) in [5.74, 6) is -0.692. The van der Waals surface area contributed by atoms with Crippen LogP contribution in [0, 0.1) is 6.92 Å². The SMILES string of the molecule is CCOC(=O)Cc1sc(Sc2cnccc2C(=O)OC)nc1C. The predicted octanol–water partition coefficient (Wildman–Crippen LogP) is 2.89. The summed E-state index contributed by atoms with van der Waals surface area (Å²) in [5.41, 5.74) is 1.22. The number of ether oxygens (including phenoxy) is 2. The number of aromatic nitrogens is 2. The third kappa shape index (κ3) is 4.52. The van der Waals surface area contributed by atoms with Gasteiger partial charge in [-0.1, -0.05) is 11.8 Å². The van der Waals surface area contributed by atoms with Crippen LogP contribution in [-0.4, -0.2) is 35.6 Å². The quantitative estimate of drug-likeness (QED) is 0.740. The van der Waals surface area contributed by atoms with E-state index in [4.69, 9.17) is 9.47 Å². The zero-order valence-corrected chi connectivity index (χ0v) is 14.6. The van der Waals surface area contributed by atoms with Gasteiger partial charge < -0.3 is 9.47 Å². The van der Waals surface area contributed by atoms with Crippen molar-refractivity contribution in [2.45, 2.75) is 29.5 Å². The molecule has 0 aromatic carbocycles. The fraction of sp³-hybridized carbons (Fsp3) is 0.333. The van der Waals surface area contributed by atoms with Gasteiger partial charge in [0, 0.05) is 22.2 Å². The highest BCUT2D eigenvalue weighted by Gasteiger charge is 2.17. The van der Waals surface area contributed by atoms with Gasteiger partial charge in [-0.05, 0) is 19.9 Å². The Bertz CT molecular complexity index is 715. The van der Waals surface area contributed by atoms with Crippen LogP contribution in [0.4, 0.5) is 0 Å². The standard InChI is InChI=1S/C15H16N2O4S2/c1-4-21-13(18)7-11-9(2)17-15(22-11)23-12-8-16-6-5-10(12)14(19)20-3/h5-6,8H,4,7H2,1-3H3. The van der Waals surface area contributed by atoms with E-state index < -0.39 is 5.97 Å². The van der Waals surface area contributed by atoms with Crippen LogP contribution in [0.1, 0.15) is 27.9 Å². The minimum Gasteiger partial charge on any atom is -0.466 e. The third-order valence-electron chi connectivity index (χ3n) is 2.87. The average Bonchev–Trinajstić information content (AvgIpc) is 2.86. The fourth-order valence-electron chi connectivity index (χ4n) is 1.79. The Labute approximate surface area is 142 Å². The van der Waals surface area contributed by atoms with Crippen molar-refractivity contribution in [1.29, 1.82) is 0 Å². The molecule has 0 amide bonds. The van der Waals surface area contributed by atoms with Gasteiger partial charge >= 0.3 is 11.9 Å². The maximum absolute atomic E-state index is 11.8. The lowest BCUT2D eigenvalue weighted by Gasteiger charge is -2.04. The van der Waals surface area contributed by atoms with Crippen LogP contribution in [0.3, 0.4) is 0 Å². The second-order valence-electron chi connectivity index (χ2n) is 4.44. The second kappa shape index (κ2) is 8.07. The van der Waals surface area contributed by atoms with Crippen LogP contribution in [0.25, 0.3) is 0 Å². The van der Waals surface area contributed by atoms with Crippen molar-refractivity contribution in [3.63, 3.8) is 0 Å². The van der Waals surface area contributed by atoms with Gasteiger partial charge in [-0.3, -0.25) is 9.78 Å². The van der Waals surface area contributed by atoms with Crippen LogP contribution in [0.5, 0.6) is 0 Å². The summed E-state index contributed by atoms with van der Waals surface area (Å²) in [6, 6.07) is 1.61. The van der Waals surface area contributed by atoms with Crippen LogP contribution in [0.2, 0.25) is 0 Å². The van der Waals surface area contributed by atoms with Gasteiger partial charge in [0.05, 0.1) is 31.4 Å². The number of nitrogens with zero attached hydrogens (tertiary/aromatic N) is 2. The lowest BCUT2D eigenvalue weighted by atomic mass is 10.3. The molecule has 0 N–H and O–H groups in total. The molecule has 0 unspecified atom stereocenters. The summed E-state index contributed by atoms with van der Waals surface area (Å²) in [7, 11) is 1.34. The molecule has 6 nitrogen and oxygen atoms in total. The van der Waals surface area contributed by atoms with E-state index in [1.807, 2.05) is 6.92 Å². The Morgan fingerprint density at radius 3 is 2.87 bits per heavy atom. The van der Waals surface area contributed by atoms with Crippen molar-refractivity contribution in [3.05, 3.63) is 34.6 Å². The fourth-order valence-corrected chi connectivity index (χ4v) is 4.05. The Hall–Kier alpha value is -1.93. The van der Waals surface area contributed by atoms with Crippen molar-refractivity contribution in [1.82, 2.24) is 9.97 Å². The highest BCUT2D eigenvalue weighted by Crippen LogP contribution is 2.34. The molecule has 2 aromatic heterocycles. The number of hydrogen-bond donors (Lipinski definition) is 0. The molecule has 122 valence electrons. The molecule has 0 atom stereocenters.